The van der Waals surface area contributed by atoms with Gasteiger partial charge < -0.3 is 14.8 Å². The Balaban J connectivity index is 1.20. The number of hydrogen-bond acceptors (Lipinski definition) is 6. The Morgan fingerprint density at radius 3 is 2.77 bits per heavy atom. The summed E-state index contributed by atoms with van der Waals surface area (Å²) in [6, 6.07) is 5.90. The Bertz CT molecular complexity index is 1030. The third kappa shape index (κ3) is 3.72. The van der Waals surface area contributed by atoms with Crippen LogP contribution in [0.2, 0.25) is 0 Å². The van der Waals surface area contributed by atoms with Gasteiger partial charge >= 0.3 is 0 Å². The zero-order valence-electron chi connectivity index (χ0n) is 16.5. The second kappa shape index (κ2) is 8.14. The molecule has 30 heavy (non-hydrogen) atoms. The van der Waals surface area contributed by atoms with Crippen molar-refractivity contribution in [3.05, 3.63) is 54.7 Å². The van der Waals surface area contributed by atoms with Gasteiger partial charge in [-0.1, -0.05) is 6.07 Å². The van der Waals surface area contributed by atoms with Gasteiger partial charge in [-0.15, -0.1) is 0 Å². The number of amides is 1. The van der Waals surface area contributed by atoms with Crippen LogP contribution in [0.4, 0.5) is 0 Å². The van der Waals surface area contributed by atoms with Crippen LogP contribution in [0.5, 0.6) is 11.5 Å². The van der Waals surface area contributed by atoms with Crippen molar-refractivity contribution in [2.45, 2.75) is 37.8 Å². The van der Waals surface area contributed by atoms with Crippen molar-refractivity contribution in [1.29, 1.82) is 0 Å². The number of benzene rings is 1. The molecule has 1 aliphatic heterocycles. The van der Waals surface area contributed by atoms with Crippen molar-refractivity contribution < 1.29 is 14.3 Å². The molecule has 8 nitrogen and oxygen atoms in total. The Kier molecular flexibility index (Phi) is 5.04. The van der Waals surface area contributed by atoms with Crippen LogP contribution >= 0.6 is 0 Å². The maximum Gasteiger partial charge on any atom is 0.255 e. The summed E-state index contributed by atoms with van der Waals surface area (Å²) in [4.78, 5) is 21.3. The molecule has 0 unspecified atom stereocenters. The van der Waals surface area contributed by atoms with Crippen LogP contribution in [0.25, 0.3) is 11.3 Å². The summed E-state index contributed by atoms with van der Waals surface area (Å²) in [5, 5.41) is 7.70. The second-order valence-electron chi connectivity index (χ2n) is 7.61. The average Bonchev–Trinajstić information content (AvgIpc) is 3.30. The fourth-order valence-electron chi connectivity index (χ4n) is 4.12. The van der Waals surface area contributed by atoms with E-state index in [0.717, 1.165) is 36.9 Å². The van der Waals surface area contributed by atoms with Gasteiger partial charge in [-0.05, 0) is 37.8 Å². The van der Waals surface area contributed by atoms with Crippen LogP contribution in [-0.2, 0) is 0 Å². The van der Waals surface area contributed by atoms with Crippen molar-refractivity contribution in [1.82, 2.24) is 25.1 Å². The highest BCUT2D eigenvalue weighted by atomic mass is 16.6. The van der Waals surface area contributed by atoms with E-state index in [1.165, 1.54) is 0 Å². The van der Waals surface area contributed by atoms with Gasteiger partial charge in [0.05, 0.1) is 29.7 Å². The van der Waals surface area contributed by atoms with E-state index in [2.05, 4.69) is 20.4 Å². The van der Waals surface area contributed by atoms with Gasteiger partial charge in [0.15, 0.2) is 11.5 Å². The minimum atomic E-state index is -0.107. The summed E-state index contributed by atoms with van der Waals surface area (Å²) in [5.41, 5.74) is 2.33. The zero-order chi connectivity index (χ0) is 20.3. The van der Waals surface area contributed by atoms with Crippen LogP contribution in [0, 0.1) is 0 Å². The van der Waals surface area contributed by atoms with Gasteiger partial charge in [0.25, 0.3) is 5.91 Å². The predicted octanol–water partition coefficient (Wildman–Crippen LogP) is 3.03. The molecule has 1 fully saturated rings. The molecule has 2 aromatic heterocycles. The van der Waals surface area contributed by atoms with E-state index in [0.29, 0.717) is 36.3 Å². The minimum Gasteiger partial charge on any atom is -0.486 e. The number of hydrogen-bond donors (Lipinski definition) is 1. The lowest BCUT2D eigenvalue weighted by Gasteiger charge is -2.29. The van der Waals surface area contributed by atoms with Crippen LogP contribution in [0.3, 0.4) is 0 Å². The molecule has 154 valence electrons. The largest absolute Gasteiger partial charge is 0.486 e. The van der Waals surface area contributed by atoms with Gasteiger partial charge in [0.2, 0.25) is 0 Å². The molecular weight excluding hydrogens is 382 g/mol. The molecule has 1 aromatic carbocycles. The topological polar surface area (TPSA) is 91.2 Å². The number of fused-ring (bicyclic) bond motifs is 1. The molecule has 2 aliphatic rings. The highest BCUT2D eigenvalue weighted by Gasteiger charge is 2.26. The lowest BCUT2D eigenvalue weighted by Crippen LogP contribution is -2.38. The number of aromatic nitrogens is 4. The standard InChI is InChI=1S/C22H23N5O3/c28-22(18-2-1-3-20-21(18)30-11-10-29-20)26-16-4-6-17(7-5-16)27-14-15(12-25-27)19-13-23-8-9-24-19/h1-3,8-9,12-14,16-17H,4-7,10-11H2,(H,26,28). The molecule has 1 amide bonds. The summed E-state index contributed by atoms with van der Waals surface area (Å²) in [7, 11) is 0. The van der Waals surface area contributed by atoms with E-state index < -0.39 is 0 Å². The predicted molar refractivity (Wildman–Crippen MR) is 109 cm³/mol. The molecule has 8 heteroatoms. The molecule has 1 aliphatic carbocycles. The number of carbonyl (C=O) groups is 1. The van der Waals surface area contributed by atoms with Gasteiger partial charge in [0.1, 0.15) is 13.2 Å². The minimum absolute atomic E-state index is 0.107. The number of para-hydroxylation sites is 1. The van der Waals surface area contributed by atoms with Crippen LogP contribution in [0.15, 0.2) is 49.2 Å². The van der Waals surface area contributed by atoms with E-state index in [-0.39, 0.29) is 11.9 Å². The smallest absolute Gasteiger partial charge is 0.255 e. The molecule has 0 atom stereocenters. The van der Waals surface area contributed by atoms with E-state index >= 15 is 0 Å². The number of carbonyl (C=O) groups excluding carboxylic acids is 1. The molecule has 3 heterocycles. The highest BCUT2D eigenvalue weighted by Crippen LogP contribution is 2.34. The SMILES string of the molecule is O=C(NC1CCC(n2cc(-c3cnccn3)cn2)CC1)c1cccc2c1OCCO2. The fourth-order valence-corrected chi connectivity index (χ4v) is 4.12. The molecule has 5 rings (SSSR count). The van der Waals surface area contributed by atoms with Gasteiger partial charge in [0, 0.05) is 30.2 Å². The Morgan fingerprint density at radius 2 is 1.93 bits per heavy atom. The summed E-state index contributed by atoms with van der Waals surface area (Å²) in [5.74, 6) is 1.07. The maximum atomic E-state index is 12.8. The highest BCUT2D eigenvalue weighted by molar-refractivity contribution is 5.98. The quantitative estimate of drug-likeness (QED) is 0.717. The summed E-state index contributed by atoms with van der Waals surface area (Å²) < 4.78 is 13.3. The van der Waals surface area contributed by atoms with E-state index in [4.69, 9.17) is 9.47 Å². The van der Waals surface area contributed by atoms with E-state index in [9.17, 15) is 4.79 Å². The van der Waals surface area contributed by atoms with E-state index in [1.54, 1.807) is 24.7 Å². The van der Waals surface area contributed by atoms with Crippen molar-refractivity contribution in [2.24, 2.45) is 0 Å². The molecule has 3 aromatic rings. The molecule has 1 N–H and O–H groups in total. The number of nitrogens with zero attached hydrogens (tertiary/aromatic N) is 4. The van der Waals surface area contributed by atoms with Crippen molar-refractivity contribution in [3.63, 3.8) is 0 Å². The lowest BCUT2D eigenvalue weighted by molar-refractivity contribution is 0.0911. The molecular formula is C22H23N5O3. The number of ether oxygens (including phenoxy) is 2. The molecule has 0 saturated heterocycles. The number of rotatable bonds is 4. The third-order valence-corrected chi connectivity index (χ3v) is 5.68. The third-order valence-electron chi connectivity index (χ3n) is 5.68. The maximum absolute atomic E-state index is 12.8. The summed E-state index contributed by atoms with van der Waals surface area (Å²) in [6.45, 7) is 0.969. The zero-order valence-corrected chi connectivity index (χ0v) is 16.5. The van der Waals surface area contributed by atoms with Crippen LogP contribution in [0.1, 0.15) is 42.1 Å². The van der Waals surface area contributed by atoms with Crippen molar-refractivity contribution >= 4 is 5.91 Å². The lowest BCUT2D eigenvalue weighted by atomic mass is 9.91. The molecule has 0 spiro atoms. The monoisotopic (exact) mass is 405 g/mol. The Morgan fingerprint density at radius 1 is 1.07 bits per heavy atom. The first kappa shape index (κ1) is 18.6. The summed E-state index contributed by atoms with van der Waals surface area (Å²) in [6.07, 6.45) is 12.7. The Labute approximate surface area is 174 Å². The average molecular weight is 405 g/mol. The van der Waals surface area contributed by atoms with Gasteiger partial charge in [-0.2, -0.15) is 5.10 Å². The van der Waals surface area contributed by atoms with Crippen molar-refractivity contribution in [3.8, 4) is 22.8 Å². The van der Waals surface area contributed by atoms with E-state index in [1.807, 2.05) is 29.2 Å². The first-order chi connectivity index (χ1) is 14.8. The molecule has 0 bridgehead atoms. The van der Waals surface area contributed by atoms with Crippen LogP contribution < -0.4 is 14.8 Å². The normalized spacial score (nSPS) is 20.5. The Hall–Kier alpha value is -3.42. The van der Waals surface area contributed by atoms with Crippen LogP contribution in [-0.4, -0.2) is 44.9 Å². The first-order valence-corrected chi connectivity index (χ1v) is 10.3. The molecule has 0 radical (unpaired) electrons. The molecule has 1 saturated carbocycles. The van der Waals surface area contributed by atoms with Crippen molar-refractivity contribution in [2.75, 3.05) is 13.2 Å². The van der Waals surface area contributed by atoms with Gasteiger partial charge in [-0.3, -0.25) is 19.4 Å². The first-order valence-electron chi connectivity index (χ1n) is 10.3. The summed E-state index contributed by atoms with van der Waals surface area (Å²) >= 11 is 0. The second-order valence-corrected chi connectivity index (χ2v) is 7.61. The van der Waals surface area contributed by atoms with Gasteiger partial charge in [-0.25, -0.2) is 0 Å². The fraction of sp³-hybridized carbons (Fsp3) is 0.364. The number of nitrogens with one attached hydrogen (secondary N) is 1.